The Bertz CT molecular complexity index is 461. The highest BCUT2D eigenvalue weighted by Crippen LogP contribution is 2.18. The van der Waals surface area contributed by atoms with E-state index < -0.39 is 0 Å². The van der Waals surface area contributed by atoms with Crippen LogP contribution in [0.25, 0.3) is 0 Å². The first-order valence-electron chi connectivity index (χ1n) is 6.27. The lowest BCUT2D eigenvalue weighted by molar-refractivity contribution is -0.128. The van der Waals surface area contributed by atoms with Gasteiger partial charge in [0.15, 0.2) is 5.16 Å². The first-order valence-corrected chi connectivity index (χ1v) is 7.50. The number of carbonyl (C=O) groups excluding carboxylic acids is 1. The Kier molecular flexibility index (Phi) is 4.47. The minimum atomic E-state index is 0.142. The first-order chi connectivity index (χ1) is 9.10. The maximum atomic E-state index is 12.1. The molecule has 2 rings (SSSR count). The summed E-state index contributed by atoms with van der Waals surface area (Å²) < 4.78 is 0. The number of thioether (sulfide) groups is 1. The molecule has 1 aromatic heterocycles. The van der Waals surface area contributed by atoms with Crippen molar-refractivity contribution in [3.05, 3.63) is 6.07 Å². The third-order valence-corrected chi connectivity index (χ3v) is 3.66. The third-order valence-electron chi connectivity index (χ3n) is 3.12. The van der Waals surface area contributed by atoms with E-state index in [2.05, 4.69) is 9.97 Å². The second-order valence-electron chi connectivity index (χ2n) is 4.58. The number of anilines is 2. The van der Waals surface area contributed by atoms with Crippen molar-refractivity contribution in [2.75, 3.05) is 43.6 Å². The summed E-state index contributed by atoms with van der Waals surface area (Å²) in [6.45, 7) is 2.06. The number of likely N-dealkylation sites (tertiary alicyclic amines) is 1. The van der Waals surface area contributed by atoms with Gasteiger partial charge < -0.3 is 15.5 Å². The van der Waals surface area contributed by atoms with Crippen molar-refractivity contribution in [1.29, 1.82) is 0 Å². The summed E-state index contributed by atoms with van der Waals surface area (Å²) in [5.41, 5.74) is 5.74. The maximum absolute atomic E-state index is 12.1. The number of nitrogens with zero attached hydrogens (tertiary/aromatic N) is 4. The Balaban J connectivity index is 2.04. The highest BCUT2D eigenvalue weighted by Gasteiger charge is 2.20. The molecule has 2 heterocycles. The number of likely N-dealkylation sites (N-methyl/N-ethyl adjacent to an activating group) is 1. The van der Waals surface area contributed by atoms with Crippen LogP contribution in [0.2, 0.25) is 0 Å². The molecule has 0 aromatic carbocycles. The Labute approximate surface area is 117 Å². The molecule has 0 atom stereocenters. The predicted molar refractivity (Wildman–Crippen MR) is 77.3 cm³/mol. The number of hydrogen-bond donors (Lipinski definition) is 1. The zero-order valence-electron chi connectivity index (χ0n) is 11.3. The van der Waals surface area contributed by atoms with Gasteiger partial charge in [0.1, 0.15) is 11.6 Å². The zero-order valence-corrected chi connectivity index (χ0v) is 12.1. The maximum Gasteiger partial charge on any atom is 0.242 e. The van der Waals surface area contributed by atoms with Gasteiger partial charge in [0.25, 0.3) is 0 Å². The second-order valence-corrected chi connectivity index (χ2v) is 5.36. The van der Waals surface area contributed by atoms with Gasteiger partial charge >= 0.3 is 0 Å². The standard InChI is InChI=1S/C12H19N5OS/c1-16(8-11(18)17-5-3-4-6-17)10-7-9(13)14-12(15-10)19-2/h7H,3-6,8H2,1-2H3,(H2,13,14,15). The predicted octanol–water partition coefficient (Wildman–Crippen LogP) is 0.839. The first kappa shape index (κ1) is 13.9. The number of nitrogen functional groups attached to an aromatic ring is 1. The summed E-state index contributed by atoms with van der Waals surface area (Å²) in [7, 11) is 1.85. The summed E-state index contributed by atoms with van der Waals surface area (Å²) in [5, 5.41) is 0.621. The van der Waals surface area contributed by atoms with Crippen LogP contribution in [0.5, 0.6) is 0 Å². The van der Waals surface area contributed by atoms with Crippen LogP contribution in [0.3, 0.4) is 0 Å². The van der Waals surface area contributed by atoms with E-state index in [9.17, 15) is 4.79 Å². The fourth-order valence-corrected chi connectivity index (χ4v) is 2.45. The van der Waals surface area contributed by atoms with Crippen LogP contribution in [-0.2, 0) is 4.79 Å². The monoisotopic (exact) mass is 281 g/mol. The van der Waals surface area contributed by atoms with Gasteiger partial charge in [0.05, 0.1) is 6.54 Å². The Morgan fingerprint density at radius 2 is 2.16 bits per heavy atom. The highest BCUT2D eigenvalue weighted by atomic mass is 32.2. The number of amides is 1. The molecule has 1 aliphatic heterocycles. The van der Waals surface area contributed by atoms with Gasteiger partial charge in [-0.3, -0.25) is 4.79 Å². The summed E-state index contributed by atoms with van der Waals surface area (Å²) in [4.78, 5) is 24.2. The van der Waals surface area contributed by atoms with Crippen molar-refractivity contribution in [2.45, 2.75) is 18.0 Å². The molecule has 1 saturated heterocycles. The average molecular weight is 281 g/mol. The van der Waals surface area contributed by atoms with Crippen LogP contribution in [0.4, 0.5) is 11.6 Å². The summed E-state index contributed by atoms with van der Waals surface area (Å²) in [5.74, 6) is 1.25. The topological polar surface area (TPSA) is 75.3 Å². The van der Waals surface area contributed by atoms with Gasteiger partial charge in [-0.2, -0.15) is 0 Å². The van der Waals surface area contributed by atoms with Crippen molar-refractivity contribution in [2.24, 2.45) is 0 Å². The minimum Gasteiger partial charge on any atom is -0.383 e. The molecule has 1 amide bonds. The van der Waals surface area contributed by atoms with E-state index in [0.29, 0.717) is 23.3 Å². The quantitative estimate of drug-likeness (QED) is 0.651. The summed E-state index contributed by atoms with van der Waals surface area (Å²) in [6, 6.07) is 1.69. The van der Waals surface area contributed by atoms with Crippen molar-refractivity contribution >= 4 is 29.3 Å². The number of rotatable bonds is 4. The number of hydrogen-bond acceptors (Lipinski definition) is 6. The van der Waals surface area contributed by atoms with Crippen molar-refractivity contribution < 1.29 is 4.79 Å². The Morgan fingerprint density at radius 1 is 1.47 bits per heavy atom. The Hall–Kier alpha value is -1.50. The molecule has 0 bridgehead atoms. The number of nitrogens with two attached hydrogens (primary N) is 1. The van der Waals surface area contributed by atoms with Crippen LogP contribution in [0.1, 0.15) is 12.8 Å². The molecule has 6 nitrogen and oxygen atoms in total. The largest absolute Gasteiger partial charge is 0.383 e. The fourth-order valence-electron chi connectivity index (χ4n) is 2.07. The lowest BCUT2D eigenvalue weighted by Gasteiger charge is -2.22. The van der Waals surface area contributed by atoms with Crippen molar-refractivity contribution in [1.82, 2.24) is 14.9 Å². The van der Waals surface area contributed by atoms with E-state index >= 15 is 0 Å². The molecule has 104 valence electrons. The molecule has 0 unspecified atom stereocenters. The smallest absolute Gasteiger partial charge is 0.242 e. The molecular formula is C12H19N5OS. The molecule has 2 N–H and O–H groups in total. The van der Waals surface area contributed by atoms with E-state index in [1.54, 1.807) is 6.07 Å². The van der Waals surface area contributed by atoms with Gasteiger partial charge in [-0.05, 0) is 19.1 Å². The van der Waals surface area contributed by atoms with Crippen LogP contribution in [0.15, 0.2) is 11.2 Å². The zero-order chi connectivity index (χ0) is 13.8. The average Bonchev–Trinajstić information content (AvgIpc) is 2.91. The van der Waals surface area contributed by atoms with E-state index in [1.165, 1.54) is 11.8 Å². The normalized spacial score (nSPS) is 14.7. The molecule has 0 radical (unpaired) electrons. The fraction of sp³-hybridized carbons (Fsp3) is 0.583. The van der Waals surface area contributed by atoms with E-state index in [1.807, 2.05) is 23.1 Å². The van der Waals surface area contributed by atoms with Gasteiger partial charge in [0.2, 0.25) is 5.91 Å². The molecular weight excluding hydrogens is 262 g/mol. The van der Waals surface area contributed by atoms with Crippen LogP contribution in [0, 0.1) is 0 Å². The molecule has 0 spiro atoms. The molecule has 1 aliphatic rings. The van der Waals surface area contributed by atoms with Crippen molar-refractivity contribution in [3.8, 4) is 0 Å². The Morgan fingerprint density at radius 3 is 2.79 bits per heavy atom. The number of aromatic nitrogens is 2. The molecule has 7 heteroatoms. The van der Waals surface area contributed by atoms with Crippen LogP contribution in [-0.4, -0.2) is 53.7 Å². The lowest BCUT2D eigenvalue weighted by Crippen LogP contribution is -2.37. The van der Waals surface area contributed by atoms with E-state index in [0.717, 1.165) is 25.9 Å². The molecule has 1 aromatic rings. The minimum absolute atomic E-state index is 0.142. The summed E-state index contributed by atoms with van der Waals surface area (Å²) in [6.07, 6.45) is 4.10. The SMILES string of the molecule is CSc1nc(N)cc(N(C)CC(=O)N2CCCC2)n1. The molecule has 0 aliphatic carbocycles. The lowest BCUT2D eigenvalue weighted by atomic mass is 10.4. The van der Waals surface area contributed by atoms with E-state index in [-0.39, 0.29) is 5.91 Å². The third kappa shape index (κ3) is 3.50. The molecule has 19 heavy (non-hydrogen) atoms. The van der Waals surface area contributed by atoms with Crippen molar-refractivity contribution in [3.63, 3.8) is 0 Å². The molecule has 0 saturated carbocycles. The number of carbonyl (C=O) groups is 1. The van der Waals surface area contributed by atoms with E-state index in [4.69, 9.17) is 5.73 Å². The van der Waals surface area contributed by atoms with Crippen LogP contribution >= 0.6 is 11.8 Å². The van der Waals surface area contributed by atoms with Crippen LogP contribution < -0.4 is 10.6 Å². The molecule has 1 fully saturated rings. The second kappa shape index (κ2) is 6.10. The van der Waals surface area contributed by atoms with Gasteiger partial charge in [-0.1, -0.05) is 11.8 Å². The van der Waals surface area contributed by atoms with Gasteiger partial charge in [0, 0.05) is 26.2 Å². The summed E-state index contributed by atoms with van der Waals surface area (Å²) >= 11 is 1.43. The van der Waals surface area contributed by atoms with Gasteiger partial charge in [-0.25, -0.2) is 9.97 Å². The van der Waals surface area contributed by atoms with Gasteiger partial charge in [-0.15, -0.1) is 0 Å². The highest BCUT2D eigenvalue weighted by molar-refractivity contribution is 7.98.